The lowest BCUT2D eigenvalue weighted by molar-refractivity contribution is -0.128. The Morgan fingerprint density at radius 3 is 2.34 bits per heavy atom. The van der Waals surface area contributed by atoms with Crippen molar-refractivity contribution in [2.75, 3.05) is 19.0 Å². The maximum absolute atomic E-state index is 12.4. The molecule has 0 saturated heterocycles. The lowest BCUT2D eigenvalue weighted by Crippen LogP contribution is -2.50. The molecule has 0 aromatic heterocycles. The van der Waals surface area contributed by atoms with Gasteiger partial charge in [0.2, 0.25) is 17.7 Å². The molecule has 0 spiro atoms. The molecule has 168 valence electrons. The third-order valence-corrected chi connectivity index (χ3v) is 5.15. The molecule has 0 saturated carbocycles. The summed E-state index contributed by atoms with van der Waals surface area (Å²) < 4.78 is 35.9. The molecule has 0 aromatic carbocycles. The van der Waals surface area contributed by atoms with Crippen molar-refractivity contribution in [1.29, 1.82) is 0 Å². The summed E-state index contributed by atoms with van der Waals surface area (Å²) in [5, 5.41) is 7.72. The quantitative estimate of drug-likeness (QED) is 0.135. The summed E-state index contributed by atoms with van der Waals surface area (Å²) in [6.07, 6.45) is 2.11. The van der Waals surface area contributed by atoms with E-state index in [9.17, 15) is 22.8 Å². The van der Waals surface area contributed by atoms with Gasteiger partial charge in [0, 0.05) is 11.8 Å². The average molecular weight is 436 g/mol. The van der Waals surface area contributed by atoms with E-state index in [1.807, 2.05) is 6.92 Å². The Kier molecular flexibility index (Phi) is 11.5. The van der Waals surface area contributed by atoms with Crippen LogP contribution in [0.25, 0.3) is 0 Å². The molecular weight excluding hydrogens is 402 g/mol. The highest BCUT2D eigenvalue weighted by Gasteiger charge is 2.30. The monoisotopic (exact) mass is 435 g/mol. The molecule has 3 amide bonds. The lowest BCUT2D eigenvalue weighted by Gasteiger charge is -2.27. The first kappa shape index (κ1) is 26.9. The minimum Gasteiger partial charge on any atom is -0.501 e. The minimum atomic E-state index is -4.25. The van der Waals surface area contributed by atoms with Crippen LogP contribution in [0.3, 0.4) is 0 Å². The number of nitrogens with one attached hydrogen (secondary N) is 3. The van der Waals surface area contributed by atoms with Gasteiger partial charge in [-0.1, -0.05) is 20.4 Å². The van der Waals surface area contributed by atoms with Crippen LogP contribution in [-0.2, 0) is 29.2 Å². The van der Waals surface area contributed by atoms with E-state index in [4.69, 9.17) is 9.29 Å². The summed E-state index contributed by atoms with van der Waals surface area (Å²) in [4.78, 5) is 36.2. The van der Waals surface area contributed by atoms with Gasteiger partial charge in [-0.25, -0.2) is 0 Å². The van der Waals surface area contributed by atoms with Crippen LogP contribution in [0.2, 0.25) is 0 Å². The third-order valence-electron chi connectivity index (χ3n) is 4.07. The fraction of sp³-hybridized carbons (Fsp3) is 0.722. The molecular formula is C18H33N3O7S. The number of ether oxygens (including phenoxy) is 1. The van der Waals surface area contributed by atoms with E-state index in [0.29, 0.717) is 6.42 Å². The second-order valence-electron chi connectivity index (χ2n) is 7.45. The molecule has 0 aliphatic carbocycles. The number of amides is 3. The average Bonchev–Trinajstić information content (AvgIpc) is 2.56. The molecule has 0 radical (unpaired) electrons. The van der Waals surface area contributed by atoms with Gasteiger partial charge < -0.3 is 20.7 Å². The Morgan fingerprint density at radius 2 is 1.83 bits per heavy atom. The maximum atomic E-state index is 12.4. The largest absolute Gasteiger partial charge is 0.501 e. The molecule has 29 heavy (non-hydrogen) atoms. The fourth-order valence-corrected chi connectivity index (χ4v) is 3.62. The Morgan fingerprint density at radius 1 is 1.21 bits per heavy atom. The fourth-order valence-electron chi connectivity index (χ4n) is 2.64. The van der Waals surface area contributed by atoms with Crippen LogP contribution < -0.4 is 16.0 Å². The molecule has 0 fully saturated rings. The summed E-state index contributed by atoms with van der Waals surface area (Å²) in [6, 6.07) is 0. The van der Waals surface area contributed by atoms with Gasteiger partial charge in [0.05, 0.1) is 37.3 Å². The zero-order valence-electron chi connectivity index (χ0n) is 17.5. The van der Waals surface area contributed by atoms with Crippen LogP contribution in [-0.4, -0.2) is 55.3 Å². The smallest absolute Gasteiger partial charge is 0.267 e. The normalized spacial score (nSPS) is 13.7. The van der Waals surface area contributed by atoms with Crippen molar-refractivity contribution in [1.82, 2.24) is 16.0 Å². The van der Waals surface area contributed by atoms with Gasteiger partial charge >= 0.3 is 0 Å². The predicted octanol–water partition coefficient (Wildman–Crippen LogP) is 0.562. The first-order valence-corrected chi connectivity index (χ1v) is 11.0. The highest BCUT2D eigenvalue weighted by Crippen LogP contribution is 2.17. The predicted molar refractivity (Wildman–Crippen MR) is 108 cm³/mol. The summed E-state index contributed by atoms with van der Waals surface area (Å²) in [5.41, 5.74) is -1.15. The lowest BCUT2D eigenvalue weighted by atomic mass is 9.91. The number of hydrogen-bond donors (Lipinski definition) is 4. The van der Waals surface area contributed by atoms with E-state index in [-0.39, 0.29) is 37.9 Å². The molecule has 0 rings (SSSR count). The van der Waals surface area contributed by atoms with Crippen molar-refractivity contribution in [2.45, 2.75) is 52.5 Å². The number of carbonyl (C=O) groups is 3. The highest BCUT2D eigenvalue weighted by molar-refractivity contribution is 7.85. The summed E-state index contributed by atoms with van der Waals surface area (Å²) >= 11 is 0. The summed E-state index contributed by atoms with van der Waals surface area (Å²) in [7, 11) is -4.25. The number of carbonyl (C=O) groups excluding carboxylic acids is 3. The van der Waals surface area contributed by atoms with Crippen LogP contribution in [0.5, 0.6) is 0 Å². The van der Waals surface area contributed by atoms with E-state index < -0.39 is 39.2 Å². The minimum absolute atomic E-state index is 0.0375. The topological polar surface area (TPSA) is 151 Å². The molecule has 0 bridgehead atoms. The van der Waals surface area contributed by atoms with E-state index in [1.54, 1.807) is 6.92 Å². The van der Waals surface area contributed by atoms with Crippen molar-refractivity contribution in [3.63, 3.8) is 0 Å². The molecule has 2 atom stereocenters. The van der Waals surface area contributed by atoms with Gasteiger partial charge in [-0.05, 0) is 26.7 Å². The van der Waals surface area contributed by atoms with Crippen molar-refractivity contribution in [2.24, 2.45) is 11.8 Å². The van der Waals surface area contributed by atoms with Crippen LogP contribution in [0.15, 0.2) is 12.8 Å². The standard InChI is InChI=1S/C18H33N3O7S/c1-6-14(17(24)20-12-19-15(22)8-9-28-7-2)10-13(3)16(23)21-18(4,5)11-29(25,26)27/h7,13-14H,2,6,8-12H2,1,3-5H3,(H,19,22)(H,20,24)(H,21,23)(H,25,26,27). The van der Waals surface area contributed by atoms with E-state index in [1.165, 1.54) is 20.1 Å². The van der Waals surface area contributed by atoms with Gasteiger partial charge in [0.15, 0.2) is 0 Å². The van der Waals surface area contributed by atoms with Gasteiger partial charge in [-0.15, -0.1) is 0 Å². The Bertz CT molecular complexity index is 677. The second kappa shape index (κ2) is 12.4. The Hall–Kier alpha value is -2.14. The van der Waals surface area contributed by atoms with Gasteiger partial charge in [-0.2, -0.15) is 8.42 Å². The summed E-state index contributed by atoms with van der Waals surface area (Å²) in [6.45, 7) is 9.94. The van der Waals surface area contributed by atoms with Gasteiger partial charge in [-0.3, -0.25) is 18.9 Å². The molecule has 4 N–H and O–H groups in total. The molecule has 0 aliphatic rings. The molecule has 11 heteroatoms. The van der Waals surface area contributed by atoms with Crippen LogP contribution in [0.1, 0.15) is 47.0 Å². The molecule has 0 aliphatic heterocycles. The Balaban J connectivity index is 4.53. The van der Waals surface area contributed by atoms with Crippen molar-refractivity contribution < 1.29 is 32.1 Å². The first-order chi connectivity index (χ1) is 13.3. The van der Waals surface area contributed by atoms with Crippen molar-refractivity contribution in [3.05, 3.63) is 12.8 Å². The van der Waals surface area contributed by atoms with Gasteiger partial charge in [0.25, 0.3) is 10.1 Å². The number of rotatable bonds is 14. The summed E-state index contributed by atoms with van der Waals surface area (Å²) in [5.74, 6) is -2.63. The zero-order chi connectivity index (χ0) is 22.7. The zero-order valence-corrected chi connectivity index (χ0v) is 18.3. The van der Waals surface area contributed by atoms with Crippen LogP contribution in [0.4, 0.5) is 0 Å². The van der Waals surface area contributed by atoms with Crippen molar-refractivity contribution >= 4 is 27.8 Å². The van der Waals surface area contributed by atoms with Gasteiger partial charge in [0.1, 0.15) is 0 Å². The highest BCUT2D eigenvalue weighted by atomic mass is 32.2. The molecule has 10 nitrogen and oxygen atoms in total. The van der Waals surface area contributed by atoms with E-state index in [2.05, 4.69) is 22.5 Å². The SMILES string of the molecule is C=COCCC(=O)NCNC(=O)C(CC)CC(C)C(=O)NC(C)(C)CS(=O)(=O)O. The van der Waals surface area contributed by atoms with E-state index in [0.717, 1.165) is 0 Å². The number of hydrogen-bond acceptors (Lipinski definition) is 6. The molecule has 0 aromatic rings. The third kappa shape index (κ3) is 12.8. The Labute approximate surface area is 172 Å². The van der Waals surface area contributed by atoms with Crippen molar-refractivity contribution in [3.8, 4) is 0 Å². The maximum Gasteiger partial charge on any atom is 0.267 e. The van der Waals surface area contributed by atoms with E-state index >= 15 is 0 Å². The van der Waals surface area contributed by atoms with Crippen LogP contribution in [0, 0.1) is 11.8 Å². The second-order valence-corrected chi connectivity index (χ2v) is 8.90. The molecule has 2 unspecified atom stereocenters. The first-order valence-electron chi connectivity index (χ1n) is 9.35. The van der Waals surface area contributed by atoms with Crippen LogP contribution >= 0.6 is 0 Å². The molecule has 0 heterocycles.